The van der Waals surface area contributed by atoms with Gasteiger partial charge in [-0.05, 0) is 61.8 Å². The minimum atomic E-state index is -1.15. The molecule has 0 amide bonds. The van der Waals surface area contributed by atoms with Crippen molar-refractivity contribution >= 4 is 55.9 Å². The Hall–Kier alpha value is -2.72. The maximum atomic E-state index is 14.5. The third-order valence-corrected chi connectivity index (χ3v) is 9.79. The molecule has 2 unspecified atom stereocenters. The van der Waals surface area contributed by atoms with Gasteiger partial charge < -0.3 is 19.3 Å². The second-order valence-electron chi connectivity index (χ2n) is 10.7. The maximum Gasteiger partial charge on any atom is 0.335 e. The molecule has 202 valence electrons. The maximum absolute atomic E-state index is 14.5. The molecular weight excluding hydrogens is 564 g/mol. The number of anilines is 1. The van der Waals surface area contributed by atoms with Gasteiger partial charge in [-0.25, -0.2) is 14.2 Å². The van der Waals surface area contributed by atoms with Crippen LogP contribution >= 0.6 is 34.5 Å². The van der Waals surface area contributed by atoms with Gasteiger partial charge in [-0.3, -0.25) is 0 Å². The van der Waals surface area contributed by atoms with Crippen molar-refractivity contribution in [1.82, 2.24) is 10.1 Å². The zero-order valence-corrected chi connectivity index (χ0v) is 23.0. The average molecular weight is 588 g/mol. The molecule has 39 heavy (non-hydrogen) atoms. The number of aromatic carboxylic acids is 1. The first-order valence-electron chi connectivity index (χ1n) is 13.0. The lowest BCUT2D eigenvalue weighted by Gasteiger charge is -2.19. The van der Waals surface area contributed by atoms with Crippen LogP contribution in [0.3, 0.4) is 0 Å². The highest BCUT2D eigenvalue weighted by atomic mass is 35.5. The summed E-state index contributed by atoms with van der Waals surface area (Å²) in [6.07, 6.45) is 4.12. The number of benzene rings is 2. The van der Waals surface area contributed by atoms with Gasteiger partial charge >= 0.3 is 5.97 Å². The van der Waals surface area contributed by atoms with Gasteiger partial charge in [0, 0.05) is 30.1 Å². The number of halogens is 3. The summed E-state index contributed by atoms with van der Waals surface area (Å²) < 4.78 is 27.3. The van der Waals surface area contributed by atoms with Crippen molar-refractivity contribution in [2.75, 3.05) is 18.0 Å². The van der Waals surface area contributed by atoms with Gasteiger partial charge in [-0.1, -0.05) is 45.8 Å². The first kappa shape index (κ1) is 25.3. The molecule has 3 heterocycles. The number of aromatic nitrogens is 2. The molecule has 0 radical (unpaired) electrons. The molecule has 7 rings (SSSR count). The lowest BCUT2D eigenvalue weighted by Crippen LogP contribution is -2.23. The van der Waals surface area contributed by atoms with Crippen molar-refractivity contribution in [3.05, 3.63) is 63.1 Å². The molecule has 0 bridgehead atoms. The average Bonchev–Trinajstić information content (AvgIpc) is 3.20. The van der Waals surface area contributed by atoms with Crippen LogP contribution in [0.5, 0.6) is 0 Å². The largest absolute Gasteiger partial charge is 0.478 e. The van der Waals surface area contributed by atoms with Gasteiger partial charge in [0.2, 0.25) is 0 Å². The zero-order valence-electron chi connectivity index (χ0n) is 20.7. The van der Waals surface area contributed by atoms with Crippen molar-refractivity contribution < 1.29 is 23.6 Å². The summed E-state index contributed by atoms with van der Waals surface area (Å²) in [6, 6.07) is 7.93. The predicted molar refractivity (Wildman–Crippen MR) is 147 cm³/mol. The quantitative estimate of drug-likeness (QED) is 0.241. The Kier molecular flexibility index (Phi) is 6.30. The Morgan fingerprint density at radius 2 is 1.90 bits per heavy atom. The second kappa shape index (κ2) is 9.73. The third-order valence-electron chi connectivity index (χ3n) is 8.09. The van der Waals surface area contributed by atoms with E-state index in [1.807, 2.05) is 6.07 Å². The molecule has 3 fully saturated rings. The topological polar surface area (TPSA) is 88.7 Å². The molecular formula is C28H24Cl2FN3O4S. The zero-order chi connectivity index (χ0) is 26.8. The smallest absolute Gasteiger partial charge is 0.335 e. The van der Waals surface area contributed by atoms with Crippen LogP contribution in [-0.4, -0.2) is 40.4 Å². The molecule has 2 aromatic carbocycles. The summed E-state index contributed by atoms with van der Waals surface area (Å²) in [5.74, 6) is 0.392. The number of carboxylic acid groups (broad SMARTS) is 1. The van der Waals surface area contributed by atoms with E-state index in [1.54, 1.807) is 12.1 Å². The third kappa shape index (κ3) is 4.59. The van der Waals surface area contributed by atoms with E-state index < -0.39 is 11.8 Å². The Morgan fingerprint density at radius 1 is 1.18 bits per heavy atom. The van der Waals surface area contributed by atoms with E-state index in [1.165, 1.54) is 17.4 Å². The van der Waals surface area contributed by atoms with Crippen LogP contribution in [0.25, 0.3) is 21.5 Å². The van der Waals surface area contributed by atoms with Crippen LogP contribution in [0.15, 0.2) is 34.9 Å². The summed E-state index contributed by atoms with van der Waals surface area (Å²) in [4.78, 5) is 18.0. The first-order valence-corrected chi connectivity index (χ1v) is 14.6. The Labute approximate surface area is 237 Å². The van der Waals surface area contributed by atoms with Crippen LogP contribution in [0, 0.1) is 17.7 Å². The summed E-state index contributed by atoms with van der Waals surface area (Å²) in [7, 11) is 0. The molecule has 1 saturated heterocycles. The summed E-state index contributed by atoms with van der Waals surface area (Å²) in [5, 5.41) is 15.4. The SMILES string of the molecule is O=C(O)c1cc(F)c2nc(N3CC4CC(OCc5c(-c6c(Cl)cccc6Cl)noc5C5CC5)CC4C3)sc2c1. The number of fused-ring (bicyclic) bond motifs is 2. The Balaban J connectivity index is 1.04. The number of ether oxygens (including phenoxy) is 1. The van der Waals surface area contributed by atoms with Crippen molar-refractivity contribution in [1.29, 1.82) is 0 Å². The molecule has 2 saturated carbocycles. The molecule has 7 nitrogen and oxygen atoms in total. The highest BCUT2D eigenvalue weighted by Crippen LogP contribution is 2.47. The summed E-state index contributed by atoms with van der Waals surface area (Å²) in [5.41, 5.74) is 2.44. The fourth-order valence-corrected chi connectivity index (χ4v) is 7.64. The van der Waals surface area contributed by atoms with Crippen LogP contribution < -0.4 is 4.90 Å². The van der Waals surface area contributed by atoms with Gasteiger partial charge in [0.25, 0.3) is 0 Å². The fourth-order valence-electron chi connectivity index (χ4n) is 6.02. The fraction of sp³-hybridized carbons (Fsp3) is 0.393. The summed E-state index contributed by atoms with van der Waals surface area (Å²) >= 11 is 14.3. The molecule has 2 atom stereocenters. The highest BCUT2D eigenvalue weighted by molar-refractivity contribution is 7.22. The number of carbonyl (C=O) groups is 1. The number of hydrogen-bond donors (Lipinski definition) is 1. The lowest BCUT2D eigenvalue weighted by molar-refractivity contribution is 0.0403. The Bertz CT molecular complexity index is 1570. The number of nitrogens with zero attached hydrogens (tertiary/aromatic N) is 3. The van der Waals surface area contributed by atoms with Crippen molar-refractivity contribution in [3.8, 4) is 11.3 Å². The van der Waals surface area contributed by atoms with E-state index >= 15 is 0 Å². The van der Waals surface area contributed by atoms with E-state index in [4.69, 9.17) is 32.5 Å². The molecule has 1 aliphatic heterocycles. The molecule has 2 aliphatic carbocycles. The molecule has 11 heteroatoms. The van der Waals surface area contributed by atoms with E-state index in [-0.39, 0.29) is 17.2 Å². The number of hydrogen-bond acceptors (Lipinski definition) is 7. The van der Waals surface area contributed by atoms with E-state index in [9.17, 15) is 14.3 Å². The number of carboxylic acids is 1. The molecule has 2 aromatic heterocycles. The first-order chi connectivity index (χ1) is 18.9. The highest BCUT2D eigenvalue weighted by Gasteiger charge is 2.43. The van der Waals surface area contributed by atoms with Gasteiger partial charge in [0.1, 0.15) is 17.0 Å². The minimum absolute atomic E-state index is 0.0638. The van der Waals surface area contributed by atoms with Gasteiger partial charge in [-0.15, -0.1) is 0 Å². The van der Waals surface area contributed by atoms with Crippen LogP contribution in [-0.2, 0) is 11.3 Å². The predicted octanol–water partition coefficient (Wildman–Crippen LogP) is 7.40. The number of rotatable bonds is 7. The summed E-state index contributed by atoms with van der Waals surface area (Å²) in [6.45, 7) is 2.03. The van der Waals surface area contributed by atoms with E-state index in [2.05, 4.69) is 15.0 Å². The van der Waals surface area contributed by atoms with Crippen LogP contribution in [0.2, 0.25) is 10.0 Å². The molecule has 1 N–H and O–H groups in total. The van der Waals surface area contributed by atoms with Crippen molar-refractivity contribution in [2.24, 2.45) is 11.8 Å². The van der Waals surface area contributed by atoms with Crippen molar-refractivity contribution in [3.63, 3.8) is 0 Å². The standard InChI is InChI=1S/C28H24Cl2FN3O4S/c29-19-2-1-3-20(30)23(19)24-18(26(38-33-24)13-4-5-13)12-37-17-6-15-10-34(11-16(15)7-17)28-32-25-21(31)8-14(27(35)36)9-22(25)39-28/h1-3,8-9,13,15-17H,4-7,10-12H2,(H,35,36). The number of thiazole rings is 1. The van der Waals surface area contributed by atoms with Crippen LogP contribution in [0.1, 0.15) is 53.3 Å². The lowest BCUT2D eigenvalue weighted by atomic mass is 10.0. The normalized spacial score (nSPS) is 22.6. The van der Waals surface area contributed by atoms with Crippen molar-refractivity contribution in [2.45, 2.75) is 44.3 Å². The van der Waals surface area contributed by atoms with Gasteiger partial charge in [0.15, 0.2) is 10.9 Å². The van der Waals surface area contributed by atoms with E-state index in [0.29, 0.717) is 50.4 Å². The molecule has 0 spiro atoms. The minimum Gasteiger partial charge on any atom is -0.478 e. The monoisotopic (exact) mass is 587 g/mol. The molecule has 3 aliphatic rings. The Morgan fingerprint density at radius 3 is 2.56 bits per heavy atom. The van der Waals surface area contributed by atoms with Crippen LogP contribution in [0.4, 0.5) is 9.52 Å². The van der Waals surface area contributed by atoms with E-state index in [0.717, 1.165) is 61.3 Å². The van der Waals surface area contributed by atoms with Gasteiger partial charge in [0.05, 0.1) is 33.0 Å². The van der Waals surface area contributed by atoms with Gasteiger partial charge in [-0.2, -0.15) is 0 Å². The second-order valence-corrected chi connectivity index (χ2v) is 12.5. The molecule has 4 aromatic rings.